The molecule has 13 nitrogen and oxygen atoms in total. The second kappa shape index (κ2) is 22.7. The van der Waals surface area contributed by atoms with Crippen LogP contribution in [0.4, 0.5) is 26.3 Å². The Bertz CT molecular complexity index is 1450. The number of halogens is 6. The normalized spacial score (nSPS) is 20.6. The third-order valence-corrected chi connectivity index (χ3v) is 8.97. The third-order valence-electron chi connectivity index (χ3n) is 6.97. The molecule has 1 fully saturated rings. The Morgan fingerprint density at radius 3 is 1.58 bits per heavy atom. The van der Waals surface area contributed by atoms with Crippen LogP contribution in [0.1, 0.15) is 99.8 Å². The molecule has 3 atom stereocenters. The lowest BCUT2D eigenvalue weighted by Gasteiger charge is -2.21. The number of esters is 3. The van der Waals surface area contributed by atoms with E-state index in [1.54, 1.807) is 20.8 Å². The molecule has 0 spiro atoms. The number of hydrogen-bond acceptors (Lipinski definition) is 13. The quantitative estimate of drug-likeness (QED) is 0.0741. The van der Waals surface area contributed by atoms with Crippen molar-refractivity contribution in [3.05, 3.63) is 23.7 Å². The van der Waals surface area contributed by atoms with Gasteiger partial charge in [-0.1, -0.05) is 14.9 Å². The van der Waals surface area contributed by atoms with Crippen molar-refractivity contribution in [2.75, 3.05) is 19.8 Å². The fourth-order valence-electron chi connectivity index (χ4n) is 4.66. The molecular weight excluding hydrogens is 758 g/mol. The van der Waals surface area contributed by atoms with Crippen molar-refractivity contribution < 1.29 is 84.9 Å². The van der Waals surface area contributed by atoms with Crippen LogP contribution in [0.15, 0.2) is 23.7 Å². The number of carbonyl (C=O) groups excluding carboxylic acids is 4. The summed E-state index contributed by atoms with van der Waals surface area (Å²) in [5, 5.41) is 0. The van der Waals surface area contributed by atoms with Gasteiger partial charge in [0.25, 0.3) is 0 Å². The molecule has 304 valence electrons. The van der Waals surface area contributed by atoms with Crippen LogP contribution >= 0.6 is 0 Å². The van der Waals surface area contributed by atoms with Crippen molar-refractivity contribution in [2.24, 2.45) is 17.8 Å². The van der Waals surface area contributed by atoms with Gasteiger partial charge in [0, 0.05) is 25.7 Å². The Hall–Kier alpha value is -3.36. The molecule has 21 heteroatoms. The molecule has 0 radical (unpaired) electrons. The molecule has 0 saturated heterocycles. The molecule has 0 N–H and O–H groups in total. The lowest BCUT2D eigenvalue weighted by Crippen LogP contribution is -2.27. The van der Waals surface area contributed by atoms with Gasteiger partial charge >= 0.3 is 49.2 Å². The molecule has 0 aromatic rings. The molecule has 3 rings (SSSR count). The molecular formula is C31H48F6O13S2. The van der Waals surface area contributed by atoms with E-state index >= 15 is 0 Å². The van der Waals surface area contributed by atoms with Crippen molar-refractivity contribution in [2.45, 2.75) is 111 Å². The molecule has 0 aromatic carbocycles. The van der Waals surface area contributed by atoms with E-state index in [0.29, 0.717) is 38.7 Å². The highest BCUT2D eigenvalue weighted by molar-refractivity contribution is 7.88. The summed E-state index contributed by atoms with van der Waals surface area (Å²) < 4.78 is 138. The van der Waals surface area contributed by atoms with E-state index < -0.39 is 55.0 Å². The summed E-state index contributed by atoms with van der Waals surface area (Å²) >= 11 is 0. The van der Waals surface area contributed by atoms with E-state index in [9.17, 15) is 62.4 Å². The SMILES string of the molecule is C.C.CCOC(=O)C1C=C(OS(=O)(=O)C(F)(F)F)CCC1.CCOC(=O)C1CCC=C(OS(=O)(=O)C(F)(F)F)C1.CCOC(=O)C1CCCC(=O)C1. The standard InChI is InChI=1S/2C10H13F3O5S.C9H14O3.2CH4/c2*1-2-17-9(14)7-4-3-5-8(6-7)18-19(15,16)10(11,12)13;1-2-12-9(11)7-4-3-5-8(10)6-7;;/h6-7H,2-5H2,1H3;5,7H,2-4,6H2,1H3;7H,2-6H2,1H3;2*1H4. The first-order chi connectivity index (χ1) is 23.1. The van der Waals surface area contributed by atoms with Gasteiger partial charge in [0.1, 0.15) is 17.3 Å². The van der Waals surface area contributed by atoms with Crippen LogP contribution in [-0.4, -0.2) is 71.4 Å². The first kappa shape index (κ1) is 50.7. The first-order valence-electron chi connectivity index (χ1n) is 15.5. The number of carbonyl (C=O) groups is 4. The smallest absolute Gasteiger partial charge is 0.466 e. The van der Waals surface area contributed by atoms with Gasteiger partial charge in [0.15, 0.2) is 0 Å². The highest BCUT2D eigenvalue weighted by Crippen LogP contribution is 2.33. The number of allylic oxidation sites excluding steroid dienone is 3. The van der Waals surface area contributed by atoms with Crippen molar-refractivity contribution >= 4 is 43.9 Å². The summed E-state index contributed by atoms with van der Waals surface area (Å²) in [5.74, 6) is -3.54. The maximum atomic E-state index is 12.1. The second-order valence-corrected chi connectivity index (χ2v) is 13.9. The van der Waals surface area contributed by atoms with Gasteiger partial charge in [-0.05, 0) is 71.4 Å². The molecule has 52 heavy (non-hydrogen) atoms. The van der Waals surface area contributed by atoms with Crippen molar-refractivity contribution in [3.8, 4) is 0 Å². The van der Waals surface area contributed by atoms with Crippen LogP contribution in [0.5, 0.6) is 0 Å². The monoisotopic (exact) mass is 806 g/mol. The molecule has 0 amide bonds. The maximum absolute atomic E-state index is 12.1. The number of rotatable bonds is 10. The lowest BCUT2D eigenvalue weighted by molar-refractivity contribution is -0.151. The van der Waals surface area contributed by atoms with Crippen LogP contribution in [0, 0.1) is 17.8 Å². The zero-order valence-electron chi connectivity index (χ0n) is 27.5. The van der Waals surface area contributed by atoms with E-state index in [1.165, 1.54) is 6.08 Å². The van der Waals surface area contributed by atoms with Crippen molar-refractivity contribution in [1.29, 1.82) is 0 Å². The molecule has 3 aliphatic carbocycles. The third kappa shape index (κ3) is 17.0. The predicted molar refractivity (Wildman–Crippen MR) is 173 cm³/mol. The number of hydrogen-bond donors (Lipinski definition) is 0. The molecule has 0 aromatic heterocycles. The van der Waals surface area contributed by atoms with Crippen molar-refractivity contribution in [3.63, 3.8) is 0 Å². The van der Waals surface area contributed by atoms with Crippen LogP contribution in [0.3, 0.4) is 0 Å². The lowest BCUT2D eigenvalue weighted by atomic mass is 9.88. The molecule has 0 heterocycles. The van der Waals surface area contributed by atoms with Gasteiger partial charge in [-0.25, -0.2) is 0 Å². The Balaban J connectivity index is 0. The van der Waals surface area contributed by atoms with Crippen LogP contribution in [0.2, 0.25) is 0 Å². The van der Waals surface area contributed by atoms with Crippen molar-refractivity contribution in [1.82, 2.24) is 0 Å². The van der Waals surface area contributed by atoms with E-state index in [0.717, 1.165) is 18.9 Å². The fraction of sp³-hybridized carbons (Fsp3) is 0.742. The Labute approximate surface area is 300 Å². The average Bonchev–Trinajstić information content (AvgIpc) is 3.01. The minimum atomic E-state index is -5.68. The Morgan fingerprint density at radius 1 is 0.673 bits per heavy atom. The molecule has 3 unspecified atom stereocenters. The minimum absolute atomic E-state index is 0. The van der Waals surface area contributed by atoms with Gasteiger partial charge in [-0.3, -0.25) is 19.2 Å². The minimum Gasteiger partial charge on any atom is -0.466 e. The summed E-state index contributed by atoms with van der Waals surface area (Å²) in [6, 6.07) is 0. The highest BCUT2D eigenvalue weighted by atomic mass is 32.2. The summed E-state index contributed by atoms with van der Waals surface area (Å²) in [7, 11) is -11.4. The summed E-state index contributed by atoms with van der Waals surface area (Å²) in [4.78, 5) is 45.0. The Morgan fingerprint density at radius 2 is 1.12 bits per heavy atom. The summed E-state index contributed by atoms with van der Waals surface area (Å²) in [6.45, 7) is 5.67. The van der Waals surface area contributed by atoms with E-state index in [2.05, 4.69) is 8.37 Å². The van der Waals surface area contributed by atoms with E-state index in [1.807, 2.05) is 0 Å². The van der Waals surface area contributed by atoms with Gasteiger partial charge in [0.05, 0.1) is 37.6 Å². The highest BCUT2D eigenvalue weighted by Gasteiger charge is 2.50. The van der Waals surface area contributed by atoms with Crippen LogP contribution < -0.4 is 0 Å². The summed E-state index contributed by atoms with van der Waals surface area (Å²) in [5.41, 5.74) is -11.0. The van der Waals surface area contributed by atoms with E-state index in [4.69, 9.17) is 14.2 Å². The molecule has 3 aliphatic rings. The van der Waals surface area contributed by atoms with Gasteiger partial charge in [-0.2, -0.15) is 43.2 Å². The zero-order valence-corrected chi connectivity index (χ0v) is 29.1. The topological polar surface area (TPSA) is 183 Å². The average molecular weight is 807 g/mol. The predicted octanol–water partition coefficient (Wildman–Crippen LogP) is 6.78. The Kier molecular flexibility index (Phi) is 22.1. The number of ether oxygens (including phenoxy) is 3. The molecule has 0 aliphatic heterocycles. The van der Waals surface area contributed by atoms with Gasteiger partial charge in [0.2, 0.25) is 0 Å². The fourth-order valence-corrected chi connectivity index (χ4v) is 5.68. The number of Topliss-reactive ketones (excluding diaryl/α,β-unsaturated/α-hetero) is 1. The van der Waals surface area contributed by atoms with E-state index in [-0.39, 0.29) is 76.5 Å². The van der Waals surface area contributed by atoms with Crippen LogP contribution in [0.25, 0.3) is 0 Å². The number of ketones is 1. The van der Waals surface area contributed by atoms with Crippen LogP contribution in [-0.2, 0) is 62.0 Å². The number of alkyl halides is 6. The van der Waals surface area contributed by atoms with Gasteiger partial charge in [-0.15, -0.1) is 0 Å². The second-order valence-electron chi connectivity index (χ2n) is 10.8. The summed E-state index contributed by atoms with van der Waals surface area (Å²) in [6.07, 6.45) is 6.18. The molecule has 1 saturated carbocycles. The maximum Gasteiger partial charge on any atom is 0.534 e. The first-order valence-corrected chi connectivity index (χ1v) is 18.3. The zero-order chi connectivity index (χ0) is 38.3. The largest absolute Gasteiger partial charge is 0.534 e. The molecule has 0 bridgehead atoms. The van der Waals surface area contributed by atoms with Gasteiger partial charge < -0.3 is 22.6 Å².